The fourth-order valence-electron chi connectivity index (χ4n) is 1.96. The Morgan fingerprint density at radius 1 is 1.45 bits per heavy atom. The Bertz CT molecular complexity index is 110. The molecule has 0 aromatic rings. The molecule has 2 heteroatoms. The van der Waals surface area contributed by atoms with Crippen molar-refractivity contribution in [2.75, 3.05) is 0 Å². The van der Waals surface area contributed by atoms with Crippen molar-refractivity contribution in [3.8, 4) is 0 Å². The zero-order valence-electron chi connectivity index (χ0n) is 7.16. The molecule has 1 fully saturated rings. The first-order valence-corrected chi connectivity index (χ1v) is 4.54. The maximum Gasteiger partial charge on any atom is 0.0543 e. The van der Waals surface area contributed by atoms with Crippen molar-refractivity contribution in [1.82, 2.24) is 0 Å². The Kier molecular flexibility index (Phi) is 3.34. The molecule has 0 aliphatic heterocycles. The van der Waals surface area contributed by atoms with Crippen molar-refractivity contribution in [3.63, 3.8) is 0 Å². The van der Waals surface area contributed by atoms with Crippen LogP contribution in [-0.2, 0) is 0 Å². The first-order chi connectivity index (χ1) is 5.18. The van der Waals surface area contributed by atoms with Crippen LogP contribution in [0, 0.1) is 5.92 Å². The molecule has 3 atom stereocenters. The van der Waals surface area contributed by atoms with Crippen molar-refractivity contribution in [2.24, 2.45) is 5.92 Å². The van der Waals surface area contributed by atoms with Crippen molar-refractivity contribution >= 4 is 0 Å². The van der Waals surface area contributed by atoms with Gasteiger partial charge in [-0.25, -0.2) is 0 Å². The van der Waals surface area contributed by atoms with Gasteiger partial charge in [0.05, 0.1) is 12.2 Å². The second kappa shape index (κ2) is 4.07. The van der Waals surface area contributed by atoms with E-state index in [2.05, 4.69) is 0 Å². The van der Waals surface area contributed by atoms with E-state index < -0.39 is 0 Å². The standard InChI is InChI=1S/C9H18O2/c1-7(10)5-8-3-2-4-9(11)6-8/h7-11H,2-6H2,1H3. The van der Waals surface area contributed by atoms with Crippen molar-refractivity contribution < 1.29 is 10.2 Å². The number of aliphatic hydroxyl groups is 2. The fourth-order valence-corrected chi connectivity index (χ4v) is 1.96. The summed E-state index contributed by atoms with van der Waals surface area (Å²) in [6.07, 6.45) is 4.71. The maximum atomic E-state index is 9.31. The molecule has 1 aliphatic rings. The molecule has 0 saturated heterocycles. The average Bonchev–Trinajstić information content (AvgIpc) is 1.85. The van der Waals surface area contributed by atoms with Crippen molar-refractivity contribution in [2.45, 2.75) is 51.2 Å². The highest BCUT2D eigenvalue weighted by molar-refractivity contribution is 4.73. The topological polar surface area (TPSA) is 40.5 Å². The molecular weight excluding hydrogens is 140 g/mol. The summed E-state index contributed by atoms with van der Waals surface area (Å²) < 4.78 is 0. The number of rotatable bonds is 2. The van der Waals surface area contributed by atoms with E-state index in [1.54, 1.807) is 0 Å². The van der Waals surface area contributed by atoms with E-state index in [4.69, 9.17) is 5.11 Å². The smallest absolute Gasteiger partial charge is 0.0543 e. The maximum absolute atomic E-state index is 9.31. The first-order valence-electron chi connectivity index (χ1n) is 4.54. The lowest BCUT2D eigenvalue weighted by atomic mass is 9.84. The molecule has 2 nitrogen and oxygen atoms in total. The summed E-state index contributed by atoms with van der Waals surface area (Å²) in [5.41, 5.74) is 0. The normalized spacial score (nSPS) is 35.2. The third kappa shape index (κ3) is 3.21. The van der Waals surface area contributed by atoms with E-state index in [1.165, 1.54) is 6.42 Å². The van der Waals surface area contributed by atoms with Crippen LogP contribution in [0.25, 0.3) is 0 Å². The molecule has 0 aromatic heterocycles. The zero-order chi connectivity index (χ0) is 8.27. The summed E-state index contributed by atoms with van der Waals surface area (Å²) in [5.74, 6) is 0.554. The highest BCUT2D eigenvalue weighted by Crippen LogP contribution is 2.27. The molecule has 3 unspecified atom stereocenters. The van der Waals surface area contributed by atoms with Crippen LogP contribution in [0.5, 0.6) is 0 Å². The van der Waals surface area contributed by atoms with E-state index in [1.807, 2.05) is 6.92 Å². The summed E-state index contributed by atoms with van der Waals surface area (Å²) in [6, 6.07) is 0. The van der Waals surface area contributed by atoms with Crippen LogP contribution in [0.1, 0.15) is 39.0 Å². The van der Waals surface area contributed by atoms with Gasteiger partial charge in [-0.05, 0) is 32.1 Å². The molecule has 66 valence electrons. The predicted molar refractivity (Wildman–Crippen MR) is 44.3 cm³/mol. The minimum Gasteiger partial charge on any atom is -0.393 e. The Balaban J connectivity index is 2.23. The van der Waals surface area contributed by atoms with Crippen molar-refractivity contribution in [3.05, 3.63) is 0 Å². The third-order valence-corrected chi connectivity index (χ3v) is 2.43. The van der Waals surface area contributed by atoms with E-state index in [-0.39, 0.29) is 12.2 Å². The van der Waals surface area contributed by atoms with Crippen LogP contribution in [0.4, 0.5) is 0 Å². The summed E-state index contributed by atoms with van der Waals surface area (Å²) in [4.78, 5) is 0. The molecule has 0 amide bonds. The zero-order valence-corrected chi connectivity index (χ0v) is 7.16. The lowest BCUT2D eigenvalue weighted by molar-refractivity contribution is 0.0755. The Labute approximate surface area is 68.2 Å². The van der Waals surface area contributed by atoms with Crippen LogP contribution in [0.15, 0.2) is 0 Å². The Morgan fingerprint density at radius 2 is 2.18 bits per heavy atom. The van der Waals surface area contributed by atoms with Gasteiger partial charge in [0.2, 0.25) is 0 Å². The van der Waals surface area contributed by atoms with Crippen LogP contribution in [0.2, 0.25) is 0 Å². The van der Waals surface area contributed by atoms with Gasteiger partial charge in [-0.15, -0.1) is 0 Å². The summed E-state index contributed by atoms with van der Waals surface area (Å²) in [6.45, 7) is 1.82. The van der Waals surface area contributed by atoms with Gasteiger partial charge in [-0.2, -0.15) is 0 Å². The highest BCUT2D eigenvalue weighted by atomic mass is 16.3. The number of hydrogen-bond acceptors (Lipinski definition) is 2. The fraction of sp³-hybridized carbons (Fsp3) is 1.00. The monoisotopic (exact) mass is 158 g/mol. The Morgan fingerprint density at radius 3 is 2.73 bits per heavy atom. The van der Waals surface area contributed by atoms with Gasteiger partial charge in [0.25, 0.3) is 0 Å². The lowest BCUT2D eigenvalue weighted by Gasteiger charge is -2.26. The molecule has 0 heterocycles. The molecule has 1 rings (SSSR count). The van der Waals surface area contributed by atoms with E-state index in [0.717, 1.165) is 25.7 Å². The van der Waals surface area contributed by atoms with Gasteiger partial charge in [0, 0.05) is 0 Å². The average molecular weight is 158 g/mol. The summed E-state index contributed by atoms with van der Waals surface area (Å²) in [5, 5.41) is 18.4. The first kappa shape index (κ1) is 9.01. The van der Waals surface area contributed by atoms with E-state index in [0.29, 0.717) is 5.92 Å². The molecule has 0 spiro atoms. The van der Waals surface area contributed by atoms with E-state index >= 15 is 0 Å². The second-order valence-corrected chi connectivity index (χ2v) is 3.77. The largest absolute Gasteiger partial charge is 0.393 e. The van der Waals surface area contributed by atoms with Gasteiger partial charge < -0.3 is 10.2 Å². The molecule has 0 aromatic carbocycles. The molecule has 1 aliphatic carbocycles. The molecule has 0 bridgehead atoms. The van der Waals surface area contributed by atoms with Crippen LogP contribution in [0.3, 0.4) is 0 Å². The van der Waals surface area contributed by atoms with Gasteiger partial charge in [0.15, 0.2) is 0 Å². The van der Waals surface area contributed by atoms with Gasteiger partial charge in [0.1, 0.15) is 0 Å². The minimum absolute atomic E-state index is 0.104. The summed E-state index contributed by atoms with van der Waals surface area (Å²) in [7, 11) is 0. The SMILES string of the molecule is CC(O)CC1CCCC(O)C1. The lowest BCUT2D eigenvalue weighted by Crippen LogP contribution is -2.22. The third-order valence-electron chi connectivity index (χ3n) is 2.43. The molecule has 2 N–H and O–H groups in total. The molecule has 11 heavy (non-hydrogen) atoms. The predicted octanol–water partition coefficient (Wildman–Crippen LogP) is 1.31. The minimum atomic E-state index is -0.203. The van der Waals surface area contributed by atoms with Crippen LogP contribution < -0.4 is 0 Å². The number of aliphatic hydroxyl groups excluding tert-OH is 2. The van der Waals surface area contributed by atoms with E-state index in [9.17, 15) is 5.11 Å². The van der Waals surface area contributed by atoms with Crippen LogP contribution >= 0.6 is 0 Å². The number of hydrogen-bond donors (Lipinski definition) is 2. The molecular formula is C9H18O2. The highest BCUT2D eigenvalue weighted by Gasteiger charge is 2.20. The quantitative estimate of drug-likeness (QED) is 0.636. The summed E-state index contributed by atoms with van der Waals surface area (Å²) >= 11 is 0. The van der Waals surface area contributed by atoms with Gasteiger partial charge >= 0.3 is 0 Å². The van der Waals surface area contributed by atoms with Crippen molar-refractivity contribution in [1.29, 1.82) is 0 Å². The van der Waals surface area contributed by atoms with Crippen LogP contribution in [-0.4, -0.2) is 22.4 Å². The molecule has 1 saturated carbocycles. The second-order valence-electron chi connectivity index (χ2n) is 3.77. The van der Waals surface area contributed by atoms with Gasteiger partial charge in [-0.3, -0.25) is 0 Å². The van der Waals surface area contributed by atoms with Gasteiger partial charge in [-0.1, -0.05) is 12.8 Å². The molecule has 0 radical (unpaired) electrons. The Hall–Kier alpha value is -0.0800.